The lowest BCUT2D eigenvalue weighted by Crippen LogP contribution is -2.18. The zero-order valence-corrected chi connectivity index (χ0v) is 11.1. The first-order valence-electron chi connectivity index (χ1n) is 6.63. The van der Waals surface area contributed by atoms with Crippen molar-refractivity contribution in [3.8, 4) is 0 Å². The third-order valence-corrected chi connectivity index (χ3v) is 3.70. The summed E-state index contributed by atoms with van der Waals surface area (Å²) in [6, 6.07) is 5.38. The van der Waals surface area contributed by atoms with Crippen LogP contribution >= 0.6 is 0 Å². The van der Waals surface area contributed by atoms with Gasteiger partial charge in [-0.05, 0) is 51.4 Å². The van der Waals surface area contributed by atoms with E-state index in [0.29, 0.717) is 12.1 Å². The van der Waals surface area contributed by atoms with Crippen LogP contribution in [-0.4, -0.2) is 29.5 Å². The van der Waals surface area contributed by atoms with Gasteiger partial charge in [0, 0.05) is 18.3 Å². The molecule has 0 radical (unpaired) electrons. The summed E-state index contributed by atoms with van der Waals surface area (Å²) in [4.78, 5) is 6.92. The molecule has 0 amide bonds. The van der Waals surface area contributed by atoms with E-state index >= 15 is 0 Å². The molecule has 3 nitrogen and oxygen atoms in total. The molecule has 1 N–H and O–H groups in total. The van der Waals surface area contributed by atoms with Gasteiger partial charge in [-0.1, -0.05) is 13.0 Å². The Morgan fingerprint density at radius 3 is 2.88 bits per heavy atom. The normalized spacial score (nSPS) is 22.6. The Hall–Kier alpha value is -1.09. The first-order valence-corrected chi connectivity index (χ1v) is 6.63. The van der Waals surface area contributed by atoms with Crippen molar-refractivity contribution < 1.29 is 0 Å². The number of nitrogens with zero attached hydrogens (tertiary/aromatic N) is 2. The van der Waals surface area contributed by atoms with Crippen LogP contribution in [0.15, 0.2) is 18.3 Å². The summed E-state index contributed by atoms with van der Waals surface area (Å²) in [5.74, 6) is 0.990. The number of aromatic nitrogens is 1. The molecule has 1 aliphatic rings. The van der Waals surface area contributed by atoms with E-state index in [1.54, 1.807) is 0 Å². The highest BCUT2D eigenvalue weighted by atomic mass is 15.1. The third-order valence-electron chi connectivity index (χ3n) is 3.70. The Balaban J connectivity index is 2.02. The van der Waals surface area contributed by atoms with Crippen molar-refractivity contribution in [2.45, 2.75) is 45.2 Å². The van der Waals surface area contributed by atoms with Crippen LogP contribution in [0.25, 0.3) is 0 Å². The largest absolute Gasteiger partial charge is 0.368 e. The van der Waals surface area contributed by atoms with Crippen LogP contribution in [0.3, 0.4) is 0 Å². The average Bonchev–Trinajstić information content (AvgIpc) is 2.76. The molecule has 0 unspecified atom stereocenters. The maximum Gasteiger partial charge on any atom is 0.126 e. The van der Waals surface area contributed by atoms with Gasteiger partial charge < -0.3 is 5.32 Å². The summed E-state index contributed by atoms with van der Waals surface area (Å²) < 4.78 is 0. The Morgan fingerprint density at radius 2 is 2.35 bits per heavy atom. The van der Waals surface area contributed by atoms with Crippen LogP contribution in [-0.2, 0) is 0 Å². The fraction of sp³-hybridized carbons (Fsp3) is 0.643. The van der Waals surface area contributed by atoms with Gasteiger partial charge in [0.05, 0.1) is 0 Å². The topological polar surface area (TPSA) is 28.2 Å². The van der Waals surface area contributed by atoms with E-state index in [9.17, 15) is 0 Å². The molecule has 2 atom stereocenters. The molecular formula is C14H23N3. The number of hydrogen-bond donors (Lipinski definition) is 1. The minimum absolute atomic E-state index is 0.488. The van der Waals surface area contributed by atoms with Crippen molar-refractivity contribution >= 4 is 5.82 Å². The molecule has 3 heteroatoms. The Kier molecular flexibility index (Phi) is 4.00. The number of likely N-dealkylation sites (tertiary alicyclic amines) is 1. The molecule has 17 heavy (non-hydrogen) atoms. The van der Waals surface area contributed by atoms with Gasteiger partial charge in [-0.3, -0.25) is 4.90 Å². The highest BCUT2D eigenvalue weighted by Gasteiger charge is 2.22. The first kappa shape index (κ1) is 12.4. The van der Waals surface area contributed by atoms with E-state index in [1.807, 2.05) is 6.20 Å². The highest BCUT2D eigenvalue weighted by molar-refractivity contribution is 5.37. The summed E-state index contributed by atoms with van der Waals surface area (Å²) in [7, 11) is 2.20. The predicted molar refractivity (Wildman–Crippen MR) is 72.2 cm³/mol. The zero-order chi connectivity index (χ0) is 12.3. The fourth-order valence-electron chi connectivity index (χ4n) is 2.37. The SMILES string of the molecule is CC[C@@H](C)Nc1ccc([C@@H]2CCCN2C)cn1. The molecule has 2 rings (SSSR count). The quantitative estimate of drug-likeness (QED) is 0.866. The number of hydrogen-bond acceptors (Lipinski definition) is 3. The first-order chi connectivity index (χ1) is 8.20. The second kappa shape index (κ2) is 5.50. The molecule has 0 saturated carbocycles. The van der Waals surface area contributed by atoms with Crippen molar-refractivity contribution in [3.05, 3.63) is 23.9 Å². The van der Waals surface area contributed by atoms with Gasteiger partial charge in [-0.25, -0.2) is 4.98 Å². The summed E-state index contributed by atoms with van der Waals surface area (Å²) in [5.41, 5.74) is 1.35. The van der Waals surface area contributed by atoms with E-state index in [4.69, 9.17) is 0 Å². The molecule has 0 aliphatic carbocycles. The molecule has 1 aromatic heterocycles. The molecule has 0 aromatic carbocycles. The zero-order valence-electron chi connectivity index (χ0n) is 11.1. The van der Waals surface area contributed by atoms with Crippen LogP contribution in [0, 0.1) is 0 Å². The van der Waals surface area contributed by atoms with Crippen LogP contribution in [0.2, 0.25) is 0 Å². The monoisotopic (exact) mass is 233 g/mol. The molecule has 94 valence electrons. The van der Waals surface area contributed by atoms with Gasteiger partial charge in [-0.2, -0.15) is 0 Å². The second-order valence-electron chi connectivity index (χ2n) is 5.07. The van der Waals surface area contributed by atoms with Crippen LogP contribution in [0.4, 0.5) is 5.82 Å². The van der Waals surface area contributed by atoms with Crippen molar-refractivity contribution in [2.24, 2.45) is 0 Å². The molecule has 1 fully saturated rings. The molecule has 1 aromatic rings. The highest BCUT2D eigenvalue weighted by Crippen LogP contribution is 2.30. The minimum atomic E-state index is 0.488. The summed E-state index contributed by atoms with van der Waals surface area (Å²) in [6.07, 6.45) is 5.70. The number of pyridine rings is 1. The van der Waals surface area contributed by atoms with Crippen LogP contribution < -0.4 is 5.32 Å². The fourth-order valence-corrected chi connectivity index (χ4v) is 2.37. The van der Waals surface area contributed by atoms with Gasteiger partial charge in [0.15, 0.2) is 0 Å². The standard InChI is InChI=1S/C14H23N3/c1-4-11(2)16-14-8-7-12(10-15-14)13-6-5-9-17(13)3/h7-8,10-11,13H,4-6,9H2,1-3H3,(H,15,16)/t11-,13+/m1/s1. The number of nitrogens with one attached hydrogen (secondary N) is 1. The minimum Gasteiger partial charge on any atom is -0.368 e. The van der Waals surface area contributed by atoms with Crippen LogP contribution in [0.5, 0.6) is 0 Å². The van der Waals surface area contributed by atoms with Crippen molar-refractivity contribution in [1.82, 2.24) is 9.88 Å². The Labute approximate surface area is 104 Å². The molecule has 0 spiro atoms. The Bertz CT molecular complexity index is 347. The van der Waals surface area contributed by atoms with Crippen molar-refractivity contribution in [3.63, 3.8) is 0 Å². The Morgan fingerprint density at radius 1 is 1.53 bits per heavy atom. The van der Waals surface area contributed by atoms with Crippen LogP contribution in [0.1, 0.15) is 44.7 Å². The smallest absolute Gasteiger partial charge is 0.126 e. The second-order valence-corrected chi connectivity index (χ2v) is 5.07. The van der Waals surface area contributed by atoms with E-state index in [0.717, 1.165) is 12.2 Å². The maximum absolute atomic E-state index is 4.51. The van der Waals surface area contributed by atoms with E-state index in [-0.39, 0.29) is 0 Å². The van der Waals surface area contributed by atoms with Gasteiger partial charge in [0.25, 0.3) is 0 Å². The summed E-state index contributed by atoms with van der Waals surface area (Å²) in [6.45, 7) is 5.57. The average molecular weight is 233 g/mol. The van der Waals surface area contributed by atoms with Gasteiger partial charge in [0.2, 0.25) is 0 Å². The van der Waals surface area contributed by atoms with Crippen molar-refractivity contribution in [2.75, 3.05) is 18.9 Å². The molecule has 0 bridgehead atoms. The van der Waals surface area contributed by atoms with Gasteiger partial charge in [0.1, 0.15) is 5.82 Å². The third kappa shape index (κ3) is 2.97. The van der Waals surface area contributed by atoms with E-state index in [2.05, 4.69) is 48.2 Å². The predicted octanol–water partition coefficient (Wildman–Crippen LogP) is 3.06. The summed E-state index contributed by atoms with van der Waals surface area (Å²) >= 11 is 0. The lowest BCUT2D eigenvalue weighted by Gasteiger charge is -2.20. The van der Waals surface area contributed by atoms with Gasteiger partial charge in [-0.15, -0.1) is 0 Å². The molecule has 1 aliphatic heterocycles. The lowest BCUT2D eigenvalue weighted by atomic mass is 10.1. The maximum atomic E-state index is 4.51. The molecule has 1 saturated heterocycles. The van der Waals surface area contributed by atoms with E-state index in [1.165, 1.54) is 24.9 Å². The van der Waals surface area contributed by atoms with Crippen molar-refractivity contribution in [1.29, 1.82) is 0 Å². The number of anilines is 1. The number of rotatable bonds is 4. The summed E-state index contributed by atoms with van der Waals surface area (Å²) in [5, 5.41) is 3.40. The van der Waals surface area contributed by atoms with E-state index < -0.39 is 0 Å². The molecule has 2 heterocycles. The van der Waals surface area contributed by atoms with Gasteiger partial charge >= 0.3 is 0 Å². The lowest BCUT2D eigenvalue weighted by molar-refractivity contribution is 0.317. The molecular weight excluding hydrogens is 210 g/mol.